The molecule has 0 radical (unpaired) electrons. The summed E-state index contributed by atoms with van der Waals surface area (Å²) in [7, 11) is 0. The lowest BCUT2D eigenvalue weighted by Gasteiger charge is -2.07. The Hall–Kier alpha value is -2.62. The number of hydrogen-bond acceptors (Lipinski definition) is 4. The standard InChI is InChI=1S/C15H14N2O2/c1-10(18)11-6-2-4-9-14(15(11)19)17-13-8-5-3-7-12(13)16/h2-9H,16H2,1H3,(H,17,19). The molecule has 0 aliphatic carbocycles. The van der Waals surface area contributed by atoms with Crippen LogP contribution < -0.4 is 16.5 Å². The summed E-state index contributed by atoms with van der Waals surface area (Å²) in [5.41, 5.74) is 7.14. The quantitative estimate of drug-likeness (QED) is 0.652. The first-order valence-corrected chi connectivity index (χ1v) is 5.85. The van der Waals surface area contributed by atoms with Crippen LogP contribution in [0.5, 0.6) is 0 Å². The lowest BCUT2D eigenvalue weighted by Crippen LogP contribution is -2.14. The summed E-state index contributed by atoms with van der Waals surface area (Å²) in [6, 6.07) is 13.7. The van der Waals surface area contributed by atoms with Crippen molar-refractivity contribution in [3.8, 4) is 0 Å². The van der Waals surface area contributed by atoms with E-state index in [2.05, 4.69) is 5.32 Å². The molecule has 0 heterocycles. The molecular weight excluding hydrogens is 240 g/mol. The van der Waals surface area contributed by atoms with Crippen molar-refractivity contribution in [1.29, 1.82) is 0 Å². The summed E-state index contributed by atoms with van der Waals surface area (Å²) in [6.07, 6.45) is 0. The number of Topliss-reactive ketones (excluding diaryl/α,β-unsaturated/α-hetero) is 1. The maximum Gasteiger partial charge on any atom is 0.212 e. The van der Waals surface area contributed by atoms with Gasteiger partial charge in [-0.15, -0.1) is 0 Å². The number of carbonyl (C=O) groups excluding carboxylic acids is 1. The number of nitrogens with two attached hydrogens (primary N) is 1. The molecule has 0 saturated carbocycles. The van der Waals surface area contributed by atoms with Gasteiger partial charge in [-0.25, -0.2) is 0 Å². The first-order valence-electron chi connectivity index (χ1n) is 5.85. The number of nitrogens with one attached hydrogen (secondary N) is 1. The van der Waals surface area contributed by atoms with Crippen molar-refractivity contribution in [2.45, 2.75) is 6.92 Å². The molecule has 0 atom stereocenters. The normalized spacial score (nSPS) is 9.95. The van der Waals surface area contributed by atoms with Gasteiger partial charge in [0, 0.05) is 0 Å². The molecule has 96 valence electrons. The molecule has 0 aliphatic heterocycles. The van der Waals surface area contributed by atoms with Gasteiger partial charge in [0.15, 0.2) is 5.78 Å². The summed E-state index contributed by atoms with van der Waals surface area (Å²) in [4.78, 5) is 23.6. The number of nitrogen functional groups attached to an aromatic ring is 1. The van der Waals surface area contributed by atoms with Crippen molar-refractivity contribution in [2.24, 2.45) is 0 Å². The van der Waals surface area contributed by atoms with Crippen molar-refractivity contribution >= 4 is 22.8 Å². The summed E-state index contributed by atoms with van der Waals surface area (Å²) < 4.78 is 0. The van der Waals surface area contributed by atoms with E-state index in [4.69, 9.17) is 5.73 Å². The van der Waals surface area contributed by atoms with Crippen molar-refractivity contribution < 1.29 is 4.79 Å². The van der Waals surface area contributed by atoms with E-state index in [9.17, 15) is 9.59 Å². The van der Waals surface area contributed by atoms with Crippen LogP contribution in [-0.2, 0) is 0 Å². The Labute approximate surface area is 110 Å². The minimum absolute atomic E-state index is 0.155. The molecule has 3 N–H and O–H groups in total. The fraction of sp³-hybridized carbons (Fsp3) is 0.0667. The molecule has 2 aromatic rings. The van der Waals surface area contributed by atoms with Gasteiger partial charge < -0.3 is 11.1 Å². The molecule has 0 aromatic heterocycles. The smallest absolute Gasteiger partial charge is 0.212 e. The molecule has 0 bridgehead atoms. The predicted octanol–water partition coefficient (Wildman–Crippen LogP) is 2.58. The van der Waals surface area contributed by atoms with E-state index in [0.717, 1.165) is 0 Å². The van der Waals surface area contributed by atoms with Crippen molar-refractivity contribution in [3.63, 3.8) is 0 Å². The van der Waals surface area contributed by atoms with Gasteiger partial charge in [-0.05, 0) is 31.2 Å². The Morgan fingerprint density at radius 3 is 2.21 bits per heavy atom. The second-order valence-electron chi connectivity index (χ2n) is 4.14. The van der Waals surface area contributed by atoms with Crippen molar-refractivity contribution in [2.75, 3.05) is 11.1 Å². The van der Waals surface area contributed by atoms with Crippen LogP contribution in [0.1, 0.15) is 17.3 Å². The average molecular weight is 254 g/mol. The Morgan fingerprint density at radius 1 is 1.00 bits per heavy atom. The van der Waals surface area contributed by atoms with E-state index < -0.39 is 0 Å². The Morgan fingerprint density at radius 2 is 1.58 bits per heavy atom. The van der Waals surface area contributed by atoms with Gasteiger partial charge in [0.25, 0.3) is 0 Å². The summed E-state index contributed by atoms with van der Waals surface area (Å²) in [5.74, 6) is -0.259. The van der Waals surface area contributed by atoms with Crippen LogP contribution in [0.25, 0.3) is 0 Å². The first kappa shape index (κ1) is 12.8. The van der Waals surface area contributed by atoms with Gasteiger partial charge >= 0.3 is 0 Å². The third-order valence-corrected chi connectivity index (χ3v) is 2.74. The Bertz CT molecular complexity index is 681. The van der Waals surface area contributed by atoms with Crippen LogP contribution >= 0.6 is 0 Å². The maximum atomic E-state index is 12.2. The fourth-order valence-corrected chi connectivity index (χ4v) is 1.73. The highest BCUT2D eigenvalue weighted by Crippen LogP contribution is 2.20. The molecule has 4 nitrogen and oxygen atoms in total. The van der Waals surface area contributed by atoms with E-state index in [-0.39, 0.29) is 16.8 Å². The minimum atomic E-state index is -0.333. The van der Waals surface area contributed by atoms with Gasteiger partial charge in [0.2, 0.25) is 5.43 Å². The Balaban J connectivity index is 2.51. The van der Waals surface area contributed by atoms with E-state index in [0.29, 0.717) is 17.1 Å². The van der Waals surface area contributed by atoms with Crippen molar-refractivity contribution in [1.82, 2.24) is 0 Å². The highest BCUT2D eigenvalue weighted by atomic mass is 16.1. The molecule has 0 aliphatic rings. The lowest BCUT2D eigenvalue weighted by molar-refractivity contribution is 0.101. The molecule has 0 fully saturated rings. The van der Waals surface area contributed by atoms with Crippen LogP contribution in [0.4, 0.5) is 17.1 Å². The van der Waals surface area contributed by atoms with Crippen LogP contribution in [0.3, 0.4) is 0 Å². The highest BCUT2D eigenvalue weighted by molar-refractivity contribution is 5.94. The monoisotopic (exact) mass is 254 g/mol. The molecule has 0 spiro atoms. The number of ketones is 1. The van der Waals surface area contributed by atoms with Gasteiger partial charge in [-0.2, -0.15) is 0 Å². The third-order valence-electron chi connectivity index (χ3n) is 2.74. The number of rotatable bonds is 3. The topological polar surface area (TPSA) is 72.2 Å². The minimum Gasteiger partial charge on any atom is -0.397 e. The van der Waals surface area contributed by atoms with Gasteiger partial charge in [-0.1, -0.05) is 24.3 Å². The van der Waals surface area contributed by atoms with Gasteiger partial charge in [0.1, 0.15) is 0 Å². The number of anilines is 3. The number of carbonyl (C=O) groups is 1. The molecule has 0 saturated heterocycles. The predicted molar refractivity (Wildman–Crippen MR) is 76.9 cm³/mol. The summed E-state index contributed by atoms with van der Waals surface area (Å²) >= 11 is 0. The lowest BCUT2D eigenvalue weighted by atomic mass is 10.2. The molecular formula is C15H14N2O2. The second-order valence-corrected chi connectivity index (χ2v) is 4.14. The van der Waals surface area contributed by atoms with Crippen molar-refractivity contribution in [3.05, 3.63) is 64.3 Å². The Kier molecular flexibility index (Phi) is 3.61. The molecule has 19 heavy (non-hydrogen) atoms. The second kappa shape index (κ2) is 5.35. The SMILES string of the molecule is CC(=O)c1ccccc(Nc2ccccc2N)c1=O. The molecule has 0 unspecified atom stereocenters. The zero-order valence-corrected chi connectivity index (χ0v) is 10.5. The summed E-state index contributed by atoms with van der Waals surface area (Å²) in [5, 5.41) is 2.97. The van der Waals surface area contributed by atoms with Crippen LogP contribution in [-0.4, -0.2) is 5.78 Å². The van der Waals surface area contributed by atoms with Gasteiger partial charge in [-0.3, -0.25) is 9.59 Å². The average Bonchev–Trinajstić information content (AvgIpc) is 2.55. The zero-order valence-electron chi connectivity index (χ0n) is 10.5. The van der Waals surface area contributed by atoms with E-state index in [1.165, 1.54) is 13.0 Å². The van der Waals surface area contributed by atoms with Gasteiger partial charge in [0.05, 0.1) is 22.6 Å². The molecule has 2 aromatic carbocycles. The molecule has 4 heteroatoms. The van der Waals surface area contributed by atoms with Crippen LogP contribution in [0.2, 0.25) is 0 Å². The number of benzene rings is 1. The third kappa shape index (κ3) is 2.80. The number of para-hydroxylation sites is 2. The number of hydrogen-bond donors (Lipinski definition) is 2. The van der Waals surface area contributed by atoms with E-state index in [1.54, 1.807) is 30.3 Å². The van der Waals surface area contributed by atoms with E-state index >= 15 is 0 Å². The highest BCUT2D eigenvalue weighted by Gasteiger charge is 2.08. The summed E-state index contributed by atoms with van der Waals surface area (Å²) in [6.45, 7) is 1.37. The van der Waals surface area contributed by atoms with Crippen LogP contribution in [0.15, 0.2) is 53.3 Å². The molecule has 2 rings (SSSR count). The largest absolute Gasteiger partial charge is 0.397 e. The first-order chi connectivity index (χ1) is 9.09. The maximum absolute atomic E-state index is 12.2. The van der Waals surface area contributed by atoms with Crippen LogP contribution in [0, 0.1) is 0 Å². The molecule has 0 amide bonds. The fourth-order valence-electron chi connectivity index (χ4n) is 1.73. The van der Waals surface area contributed by atoms with E-state index in [1.807, 2.05) is 12.1 Å². The zero-order chi connectivity index (χ0) is 13.8.